The summed E-state index contributed by atoms with van der Waals surface area (Å²) in [6, 6.07) is 20.9. The Morgan fingerprint density at radius 1 is 0.955 bits per heavy atom. The Bertz CT molecular complexity index is 749. The lowest BCUT2D eigenvalue weighted by Crippen LogP contribution is -2.03. The van der Waals surface area contributed by atoms with Crippen LogP contribution in [0, 0.1) is 0 Å². The fourth-order valence-electron chi connectivity index (χ4n) is 2.50. The Kier molecular flexibility index (Phi) is 3.69. The van der Waals surface area contributed by atoms with E-state index in [0.717, 1.165) is 6.54 Å². The highest BCUT2D eigenvalue weighted by molar-refractivity contribution is 7.99. The van der Waals surface area contributed by atoms with Gasteiger partial charge in [0.25, 0.3) is 0 Å². The summed E-state index contributed by atoms with van der Waals surface area (Å²) in [6.07, 6.45) is 2.48. The van der Waals surface area contributed by atoms with Gasteiger partial charge in [-0.1, -0.05) is 65.5 Å². The summed E-state index contributed by atoms with van der Waals surface area (Å²) in [5, 5.41) is 10.1. The predicted octanol–water partition coefficient (Wildman–Crippen LogP) is 4.36. The van der Waals surface area contributed by atoms with Crippen LogP contribution in [0.25, 0.3) is 0 Å². The SMILES string of the molecule is c1ccc(Cn2nnc(C3CC3)c2Sc2ccccc2)cc1. The Morgan fingerprint density at radius 2 is 1.64 bits per heavy atom. The van der Waals surface area contributed by atoms with Crippen molar-refractivity contribution in [3.8, 4) is 0 Å². The van der Waals surface area contributed by atoms with Gasteiger partial charge < -0.3 is 0 Å². The van der Waals surface area contributed by atoms with Crippen LogP contribution in [0.5, 0.6) is 0 Å². The smallest absolute Gasteiger partial charge is 0.123 e. The second-order valence-electron chi connectivity index (χ2n) is 5.61. The number of benzene rings is 2. The van der Waals surface area contributed by atoms with Crippen molar-refractivity contribution >= 4 is 11.8 Å². The molecule has 1 saturated carbocycles. The normalized spacial score (nSPS) is 14.2. The second kappa shape index (κ2) is 5.97. The maximum Gasteiger partial charge on any atom is 0.123 e. The van der Waals surface area contributed by atoms with Gasteiger partial charge in [0.1, 0.15) is 10.7 Å². The molecule has 0 bridgehead atoms. The van der Waals surface area contributed by atoms with Gasteiger partial charge in [-0.3, -0.25) is 0 Å². The topological polar surface area (TPSA) is 30.7 Å². The van der Waals surface area contributed by atoms with Gasteiger partial charge in [0.2, 0.25) is 0 Å². The van der Waals surface area contributed by atoms with E-state index in [1.165, 1.54) is 34.0 Å². The van der Waals surface area contributed by atoms with E-state index in [2.05, 4.69) is 58.8 Å². The van der Waals surface area contributed by atoms with Crippen LogP contribution in [0.4, 0.5) is 0 Å². The Labute approximate surface area is 134 Å². The van der Waals surface area contributed by atoms with Gasteiger partial charge in [-0.15, -0.1) is 5.10 Å². The molecule has 4 heteroatoms. The first-order valence-corrected chi connectivity index (χ1v) is 8.42. The third kappa shape index (κ3) is 2.92. The van der Waals surface area contributed by atoms with Crippen LogP contribution in [-0.2, 0) is 6.54 Å². The lowest BCUT2D eigenvalue weighted by molar-refractivity contribution is 0.604. The first-order valence-electron chi connectivity index (χ1n) is 7.60. The quantitative estimate of drug-likeness (QED) is 0.702. The van der Waals surface area contributed by atoms with Crippen LogP contribution in [0.1, 0.15) is 30.0 Å². The third-order valence-corrected chi connectivity index (χ3v) is 4.93. The predicted molar refractivity (Wildman–Crippen MR) is 88.1 cm³/mol. The highest BCUT2D eigenvalue weighted by atomic mass is 32.2. The molecule has 1 aliphatic carbocycles. The first-order chi connectivity index (χ1) is 10.9. The number of hydrogen-bond donors (Lipinski definition) is 0. The maximum atomic E-state index is 4.46. The summed E-state index contributed by atoms with van der Waals surface area (Å²) in [4.78, 5) is 1.24. The van der Waals surface area contributed by atoms with E-state index in [9.17, 15) is 0 Å². The van der Waals surface area contributed by atoms with Crippen molar-refractivity contribution in [2.45, 2.75) is 35.2 Å². The largest absolute Gasteiger partial charge is 0.234 e. The molecule has 3 nitrogen and oxygen atoms in total. The van der Waals surface area contributed by atoms with Gasteiger partial charge in [-0.05, 0) is 30.5 Å². The standard InChI is InChI=1S/C18H17N3S/c1-3-7-14(8-4-1)13-21-18(17(19-20-21)15-11-12-15)22-16-9-5-2-6-10-16/h1-10,15H,11-13H2. The summed E-state index contributed by atoms with van der Waals surface area (Å²) < 4.78 is 2.04. The molecule has 0 saturated heterocycles. The average molecular weight is 307 g/mol. The van der Waals surface area contributed by atoms with Crippen molar-refractivity contribution in [2.24, 2.45) is 0 Å². The molecule has 0 spiro atoms. The van der Waals surface area contributed by atoms with Crippen molar-refractivity contribution in [1.82, 2.24) is 15.0 Å². The molecule has 110 valence electrons. The number of rotatable bonds is 5. The van der Waals surface area contributed by atoms with Crippen LogP contribution >= 0.6 is 11.8 Å². The van der Waals surface area contributed by atoms with Gasteiger partial charge in [0, 0.05) is 10.8 Å². The Balaban J connectivity index is 1.66. The van der Waals surface area contributed by atoms with Gasteiger partial charge in [-0.2, -0.15) is 0 Å². The Morgan fingerprint density at radius 3 is 2.32 bits per heavy atom. The Hall–Kier alpha value is -2.07. The number of nitrogens with zero attached hydrogens (tertiary/aromatic N) is 3. The third-order valence-electron chi connectivity index (χ3n) is 3.81. The average Bonchev–Trinajstić information content (AvgIpc) is 3.34. The van der Waals surface area contributed by atoms with Crippen molar-refractivity contribution in [1.29, 1.82) is 0 Å². The van der Waals surface area contributed by atoms with Crippen LogP contribution in [0.3, 0.4) is 0 Å². The van der Waals surface area contributed by atoms with E-state index in [1.54, 1.807) is 11.8 Å². The molecule has 3 aromatic rings. The van der Waals surface area contributed by atoms with Crippen LogP contribution in [-0.4, -0.2) is 15.0 Å². The number of aromatic nitrogens is 3. The van der Waals surface area contributed by atoms with Crippen molar-refractivity contribution in [3.05, 3.63) is 71.9 Å². The minimum atomic E-state index is 0.607. The molecule has 1 heterocycles. The van der Waals surface area contributed by atoms with Gasteiger partial charge in [0.05, 0.1) is 6.54 Å². The molecule has 2 aromatic carbocycles. The highest BCUT2D eigenvalue weighted by Crippen LogP contribution is 2.44. The zero-order valence-electron chi connectivity index (χ0n) is 12.2. The van der Waals surface area contributed by atoms with E-state index in [4.69, 9.17) is 0 Å². The molecule has 22 heavy (non-hydrogen) atoms. The molecular formula is C18H17N3S. The molecule has 0 aliphatic heterocycles. The van der Waals surface area contributed by atoms with Gasteiger partial charge in [0.15, 0.2) is 0 Å². The summed E-state index contributed by atoms with van der Waals surface area (Å²) >= 11 is 1.77. The molecule has 4 rings (SSSR count). The zero-order valence-corrected chi connectivity index (χ0v) is 13.0. The van der Waals surface area contributed by atoms with E-state index < -0.39 is 0 Å². The van der Waals surface area contributed by atoms with E-state index in [1.807, 2.05) is 16.8 Å². The maximum absolute atomic E-state index is 4.46. The molecule has 0 atom stereocenters. The molecule has 1 aromatic heterocycles. The summed E-state index contributed by atoms with van der Waals surface area (Å²) in [6.45, 7) is 0.774. The van der Waals surface area contributed by atoms with Crippen LogP contribution in [0.2, 0.25) is 0 Å². The summed E-state index contributed by atoms with van der Waals surface area (Å²) in [7, 11) is 0. The lowest BCUT2D eigenvalue weighted by atomic mass is 10.2. The monoisotopic (exact) mass is 307 g/mol. The van der Waals surface area contributed by atoms with Gasteiger partial charge in [-0.25, -0.2) is 4.68 Å². The van der Waals surface area contributed by atoms with E-state index in [-0.39, 0.29) is 0 Å². The van der Waals surface area contributed by atoms with Crippen molar-refractivity contribution < 1.29 is 0 Å². The molecule has 0 radical (unpaired) electrons. The summed E-state index contributed by atoms with van der Waals surface area (Å²) in [5.74, 6) is 0.607. The number of hydrogen-bond acceptors (Lipinski definition) is 3. The van der Waals surface area contributed by atoms with Crippen molar-refractivity contribution in [2.75, 3.05) is 0 Å². The fraction of sp³-hybridized carbons (Fsp3) is 0.222. The fourth-order valence-corrected chi connectivity index (χ4v) is 3.53. The van der Waals surface area contributed by atoms with E-state index in [0.29, 0.717) is 5.92 Å². The van der Waals surface area contributed by atoms with Crippen LogP contribution < -0.4 is 0 Å². The minimum Gasteiger partial charge on any atom is -0.234 e. The summed E-state index contributed by atoms with van der Waals surface area (Å²) in [5.41, 5.74) is 2.43. The second-order valence-corrected chi connectivity index (χ2v) is 6.67. The lowest BCUT2D eigenvalue weighted by Gasteiger charge is -2.08. The molecular weight excluding hydrogens is 290 g/mol. The first kappa shape index (κ1) is 13.6. The molecule has 0 unspecified atom stereocenters. The molecule has 1 fully saturated rings. The minimum absolute atomic E-state index is 0.607. The highest BCUT2D eigenvalue weighted by Gasteiger charge is 2.31. The van der Waals surface area contributed by atoms with Crippen molar-refractivity contribution in [3.63, 3.8) is 0 Å². The molecule has 0 amide bonds. The zero-order chi connectivity index (χ0) is 14.8. The van der Waals surface area contributed by atoms with E-state index >= 15 is 0 Å². The molecule has 0 N–H and O–H groups in total. The van der Waals surface area contributed by atoms with Gasteiger partial charge >= 0.3 is 0 Å². The molecule has 1 aliphatic rings. The van der Waals surface area contributed by atoms with Crippen LogP contribution in [0.15, 0.2) is 70.6 Å².